The molecule has 0 unspecified atom stereocenters. The molecule has 1 amide bonds. The van der Waals surface area contributed by atoms with Crippen LogP contribution in [-0.2, 0) is 4.79 Å². The topological polar surface area (TPSA) is 75.8 Å². The van der Waals surface area contributed by atoms with E-state index >= 15 is 0 Å². The number of carbonyl (C=O) groups excluding carboxylic acids is 1. The van der Waals surface area contributed by atoms with Crippen molar-refractivity contribution in [2.75, 3.05) is 0 Å². The molecule has 3 rings (SSSR count). The van der Waals surface area contributed by atoms with Crippen molar-refractivity contribution in [1.82, 2.24) is 5.01 Å². The summed E-state index contributed by atoms with van der Waals surface area (Å²) in [4.78, 5) is 23.6. The minimum absolute atomic E-state index is 0.0412. The van der Waals surface area contributed by atoms with E-state index in [0.717, 1.165) is 16.2 Å². The van der Waals surface area contributed by atoms with Crippen molar-refractivity contribution in [3.8, 4) is 0 Å². The molecule has 1 aliphatic heterocycles. The first-order valence-electron chi connectivity index (χ1n) is 7.28. The van der Waals surface area contributed by atoms with Gasteiger partial charge in [-0.1, -0.05) is 25.1 Å². The standard InChI is InChI=1S/C16H15N3O3S/c1-2-16(20)18-14(10-13(17-18)15-4-3-9-23-15)11-5-7-12(8-6-11)19(21)22/h3-9,14H,2,10H2,1H3/t14-/m1/s1. The van der Waals surface area contributed by atoms with E-state index in [4.69, 9.17) is 0 Å². The van der Waals surface area contributed by atoms with Crippen molar-refractivity contribution in [1.29, 1.82) is 0 Å². The number of nitro groups is 1. The highest BCUT2D eigenvalue weighted by Gasteiger charge is 2.32. The Bertz CT molecular complexity index is 753. The smallest absolute Gasteiger partial charge is 0.269 e. The summed E-state index contributed by atoms with van der Waals surface area (Å²) >= 11 is 1.59. The van der Waals surface area contributed by atoms with Gasteiger partial charge in [0.15, 0.2) is 0 Å². The highest BCUT2D eigenvalue weighted by molar-refractivity contribution is 7.12. The van der Waals surface area contributed by atoms with Crippen molar-refractivity contribution in [2.45, 2.75) is 25.8 Å². The molecule has 0 spiro atoms. The van der Waals surface area contributed by atoms with E-state index in [1.807, 2.05) is 17.5 Å². The molecule has 0 fully saturated rings. The number of hydrogen-bond acceptors (Lipinski definition) is 5. The lowest BCUT2D eigenvalue weighted by Crippen LogP contribution is -2.26. The summed E-state index contributed by atoms with van der Waals surface area (Å²) < 4.78 is 0. The number of carbonyl (C=O) groups is 1. The van der Waals surface area contributed by atoms with Crippen LogP contribution in [0.3, 0.4) is 0 Å². The van der Waals surface area contributed by atoms with Gasteiger partial charge in [-0.25, -0.2) is 5.01 Å². The molecule has 0 N–H and O–H groups in total. The Morgan fingerprint density at radius 1 is 1.39 bits per heavy atom. The minimum atomic E-state index is -0.430. The fourth-order valence-corrected chi connectivity index (χ4v) is 3.29. The van der Waals surface area contributed by atoms with Gasteiger partial charge in [-0.05, 0) is 17.0 Å². The summed E-state index contributed by atoms with van der Waals surface area (Å²) in [6.07, 6.45) is 0.981. The Morgan fingerprint density at radius 3 is 2.70 bits per heavy atom. The van der Waals surface area contributed by atoms with E-state index in [1.54, 1.807) is 30.4 Å². The maximum atomic E-state index is 12.2. The number of amides is 1. The van der Waals surface area contributed by atoms with Crippen LogP contribution in [0.1, 0.15) is 36.2 Å². The van der Waals surface area contributed by atoms with E-state index in [1.165, 1.54) is 17.1 Å². The average molecular weight is 329 g/mol. The van der Waals surface area contributed by atoms with Crippen LogP contribution in [0.4, 0.5) is 5.69 Å². The van der Waals surface area contributed by atoms with Gasteiger partial charge in [0, 0.05) is 25.0 Å². The average Bonchev–Trinajstić information content (AvgIpc) is 3.23. The van der Waals surface area contributed by atoms with Crippen LogP contribution < -0.4 is 0 Å². The highest BCUT2D eigenvalue weighted by Crippen LogP contribution is 2.34. The summed E-state index contributed by atoms with van der Waals surface area (Å²) in [6, 6.07) is 10.1. The van der Waals surface area contributed by atoms with E-state index in [9.17, 15) is 14.9 Å². The van der Waals surface area contributed by atoms with Gasteiger partial charge in [-0.2, -0.15) is 5.10 Å². The van der Waals surface area contributed by atoms with Crippen LogP contribution in [0.2, 0.25) is 0 Å². The third-order valence-corrected chi connectivity index (χ3v) is 4.68. The van der Waals surface area contributed by atoms with Crippen LogP contribution >= 0.6 is 11.3 Å². The van der Waals surface area contributed by atoms with Crippen molar-refractivity contribution in [3.05, 3.63) is 62.3 Å². The lowest BCUT2D eigenvalue weighted by molar-refractivity contribution is -0.384. The van der Waals surface area contributed by atoms with Gasteiger partial charge >= 0.3 is 0 Å². The molecular weight excluding hydrogens is 314 g/mol. The zero-order chi connectivity index (χ0) is 16.4. The van der Waals surface area contributed by atoms with E-state index in [-0.39, 0.29) is 17.6 Å². The lowest BCUT2D eigenvalue weighted by Gasteiger charge is -2.21. The molecule has 0 saturated carbocycles. The Morgan fingerprint density at radius 2 is 2.13 bits per heavy atom. The Balaban J connectivity index is 1.91. The zero-order valence-corrected chi connectivity index (χ0v) is 13.3. The predicted octanol–water partition coefficient (Wildman–Crippen LogP) is 3.74. The van der Waals surface area contributed by atoms with Gasteiger partial charge in [0.25, 0.3) is 5.69 Å². The number of benzene rings is 1. The predicted molar refractivity (Wildman–Crippen MR) is 88.4 cm³/mol. The van der Waals surface area contributed by atoms with Gasteiger partial charge in [0.05, 0.1) is 21.6 Å². The molecule has 0 saturated heterocycles. The maximum absolute atomic E-state index is 12.2. The van der Waals surface area contributed by atoms with Crippen LogP contribution in [0.25, 0.3) is 0 Å². The largest absolute Gasteiger partial charge is 0.273 e. The SMILES string of the molecule is CCC(=O)N1N=C(c2cccs2)C[C@@H]1c1ccc([N+](=O)[O-])cc1. The molecule has 0 bridgehead atoms. The molecule has 1 aromatic heterocycles. The number of nitrogens with zero attached hydrogens (tertiary/aromatic N) is 3. The van der Waals surface area contributed by atoms with Crippen LogP contribution in [0.15, 0.2) is 46.9 Å². The Kier molecular flexibility index (Phi) is 4.20. The van der Waals surface area contributed by atoms with Crippen molar-refractivity contribution in [2.24, 2.45) is 5.10 Å². The summed E-state index contributed by atoms with van der Waals surface area (Å²) in [5.41, 5.74) is 1.78. The monoisotopic (exact) mass is 329 g/mol. The molecule has 1 aromatic carbocycles. The van der Waals surface area contributed by atoms with Gasteiger partial charge in [0.2, 0.25) is 5.91 Å². The number of hydrazone groups is 1. The van der Waals surface area contributed by atoms with Crippen molar-refractivity contribution >= 4 is 28.6 Å². The third kappa shape index (κ3) is 3.00. The normalized spacial score (nSPS) is 17.2. The van der Waals surface area contributed by atoms with E-state index in [2.05, 4.69) is 5.10 Å². The molecular formula is C16H15N3O3S. The molecule has 1 aliphatic rings. The van der Waals surface area contributed by atoms with E-state index < -0.39 is 4.92 Å². The third-order valence-electron chi connectivity index (χ3n) is 3.76. The summed E-state index contributed by atoms with van der Waals surface area (Å²) in [6.45, 7) is 1.80. The Hall–Kier alpha value is -2.54. The molecule has 0 radical (unpaired) electrons. The fourth-order valence-electron chi connectivity index (χ4n) is 2.57. The molecule has 2 heterocycles. The first-order valence-corrected chi connectivity index (χ1v) is 8.16. The van der Waals surface area contributed by atoms with Crippen LogP contribution in [0.5, 0.6) is 0 Å². The summed E-state index contributed by atoms with van der Waals surface area (Å²) in [7, 11) is 0. The summed E-state index contributed by atoms with van der Waals surface area (Å²) in [5.74, 6) is -0.0556. The minimum Gasteiger partial charge on any atom is -0.273 e. The molecule has 23 heavy (non-hydrogen) atoms. The quantitative estimate of drug-likeness (QED) is 0.633. The number of nitro benzene ring substituents is 1. The van der Waals surface area contributed by atoms with Gasteiger partial charge < -0.3 is 0 Å². The molecule has 6 nitrogen and oxygen atoms in total. The highest BCUT2D eigenvalue weighted by atomic mass is 32.1. The first kappa shape index (κ1) is 15.4. The van der Waals surface area contributed by atoms with Crippen molar-refractivity contribution < 1.29 is 9.72 Å². The van der Waals surface area contributed by atoms with Gasteiger partial charge in [-0.3, -0.25) is 14.9 Å². The van der Waals surface area contributed by atoms with Crippen LogP contribution in [-0.4, -0.2) is 21.6 Å². The summed E-state index contributed by atoms with van der Waals surface area (Å²) in [5, 5.41) is 18.8. The van der Waals surface area contributed by atoms with Crippen LogP contribution in [0, 0.1) is 10.1 Å². The molecule has 0 aliphatic carbocycles. The second kappa shape index (κ2) is 6.29. The number of non-ortho nitro benzene ring substituents is 1. The van der Waals surface area contributed by atoms with Gasteiger partial charge in [0.1, 0.15) is 0 Å². The lowest BCUT2D eigenvalue weighted by atomic mass is 10.0. The number of hydrogen-bond donors (Lipinski definition) is 0. The molecule has 7 heteroatoms. The maximum Gasteiger partial charge on any atom is 0.269 e. The second-order valence-corrected chi connectivity index (χ2v) is 6.13. The number of thiophene rings is 1. The van der Waals surface area contributed by atoms with Gasteiger partial charge in [-0.15, -0.1) is 11.3 Å². The van der Waals surface area contributed by atoms with E-state index in [0.29, 0.717) is 12.8 Å². The molecule has 1 atom stereocenters. The Labute approximate surface area is 137 Å². The molecule has 2 aromatic rings. The molecule has 118 valence electrons. The fraction of sp³-hybridized carbons (Fsp3) is 0.250. The van der Waals surface area contributed by atoms with Crippen molar-refractivity contribution in [3.63, 3.8) is 0 Å². The zero-order valence-electron chi connectivity index (χ0n) is 12.5. The number of rotatable bonds is 4. The second-order valence-electron chi connectivity index (χ2n) is 5.18. The first-order chi connectivity index (χ1) is 11.1.